The molecule has 0 nitrogen and oxygen atoms in total. The van der Waals surface area contributed by atoms with Crippen molar-refractivity contribution in [2.24, 2.45) is 11.8 Å². The molecule has 0 bridgehead atoms. The van der Waals surface area contributed by atoms with Gasteiger partial charge in [0, 0.05) is 0 Å². The number of thiol groups is 2. The molecule has 0 unspecified atom stereocenters. The molecule has 0 saturated carbocycles. The molecule has 0 aromatic carbocycles. The maximum Gasteiger partial charge on any atom is -0.00535 e. The van der Waals surface area contributed by atoms with Gasteiger partial charge in [0.05, 0.1) is 0 Å². The Balaban J connectivity index is 2.74. The molecule has 46 valence electrons. The van der Waals surface area contributed by atoms with Crippen molar-refractivity contribution in [3.63, 3.8) is 0 Å². The first-order chi connectivity index (χ1) is 3.64. The van der Waals surface area contributed by atoms with E-state index in [1.165, 1.54) is 9.81 Å². The van der Waals surface area contributed by atoms with Gasteiger partial charge in [-0.2, -0.15) is 0 Å². The van der Waals surface area contributed by atoms with Crippen molar-refractivity contribution in [2.75, 3.05) is 0 Å². The highest BCUT2D eigenvalue weighted by molar-refractivity contribution is 7.88. The lowest BCUT2D eigenvalue weighted by molar-refractivity contribution is 0.482. The molecule has 1 rings (SSSR count). The molecule has 0 aromatic heterocycles. The van der Waals surface area contributed by atoms with Crippen molar-refractivity contribution in [3.05, 3.63) is 9.81 Å². The zero-order valence-electron chi connectivity index (χ0n) is 5.05. The minimum atomic E-state index is 0.644. The van der Waals surface area contributed by atoms with E-state index in [4.69, 9.17) is 0 Å². The number of allylic oxidation sites excluding steroid dienone is 2. The lowest BCUT2D eigenvalue weighted by atomic mass is 9.84. The topological polar surface area (TPSA) is 0 Å². The highest BCUT2D eigenvalue weighted by Crippen LogP contribution is 2.43. The third-order valence-electron chi connectivity index (χ3n) is 1.88. The first kappa shape index (κ1) is 6.56. The van der Waals surface area contributed by atoms with Crippen LogP contribution in [-0.4, -0.2) is 0 Å². The average Bonchev–Trinajstić information content (AvgIpc) is 1.83. The predicted octanol–water partition coefficient (Wildman–Crippen LogP) is 2.34. The van der Waals surface area contributed by atoms with Gasteiger partial charge in [0.1, 0.15) is 0 Å². The van der Waals surface area contributed by atoms with Crippen LogP contribution in [0.1, 0.15) is 13.8 Å². The first-order valence-electron chi connectivity index (χ1n) is 2.76. The number of rotatable bonds is 0. The van der Waals surface area contributed by atoms with Gasteiger partial charge in [0.2, 0.25) is 0 Å². The van der Waals surface area contributed by atoms with Gasteiger partial charge in [-0.25, -0.2) is 0 Å². The summed E-state index contributed by atoms with van der Waals surface area (Å²) in [4.78, 5) is 2.33. The van der Waals surface area contributed by atoms with Gasteiger partial charge in [-0.3, -0.25) is 0 Å². The Morgan fingerprint density at radius 2 is 1.25 bits per heavy atom. The van der Waals surface area contributed by atoms with E-state index >= 15 is 0 Å². The first-order valence-corrected chi connectivity index (χ1v) is 3.66. The Hall–Kier alpha value is 0.440. The summed E-state index contributed by atoms with van der Waals surface area (Å²) in [7, 11) is 0. The van der Waals surface area contributed by atoms with Crippen molar-refractivity contribution in [1.82, 2.24) is 0 Å². The minimum absolute atomic E-state index is 0.644. The average molecular weight is 146 g/mol. The molecule has 0 fully saturated rings. The van der Waals surface area contributed by atoms with Crippen molar-refractivity contribution >= 4 is 25.3 Å². The SMILES string of the molecule is C[C@@H]1C(S)=C(S)[C@@H]1C. The van der Waals surface area contributed by atoms with Crippen LogP contribution in [0.15, 0.2) is 9.81 Å². The molecule has 0 N–H and O–H groups in total. The van der Waals surface area contributed by atoms with Crippen LogP contribution in [0.4, 0.5) is 0 Å². The van der Waals surface area contributed by atoms with Crippen LogP contribution in [0.3, 0.4) is 0 Å². The van der Waals surface area contributed by atoms with Gasteiger partial charge in [0.15, 0.2) is 0 Å². The molecule has 2 atom stereocenters. The molecule has 0 amide bonds. The maximum atomic E-state index is 4.24. The monoisotopic (exact) mass is 146 g/mol. The second-order valence-corrected chi connectivity index (χ2v) is 3.31. The van der Waals surface area contributed by atoms with Crippen molar-refractivity contribution in [1.29, 1.82) is 0 Å². The van der Waals surface area contributed by atoms with Crippen LogP contribution in [0.25, 0.3) is 0 Å². The third kappa shape index (κ3) is 0.705. The Kier molecular flexibility index (Phi) is 1.63. The molecule has 0 heterocycles. The van der Waals surface area contributed by atoms with Gasteiger partial charge < -0.3 is 0 Å². The standard InChI is InChI=1S/C6H10S2/c1-3-4(2)6(8)5(3)7/h3-4,7-8H,1-2H3/t3-,4+. The summed E-state index contributed by atoms with van der Waals surface area (Å²) < 4.78 is 0. The summed E-state index contributed by atoms with van der Waals surface area (Å²) >= 11 is 8.47. The van der Waals surface area contributed by atoms with E-state index in [0.717, 1.165) is 0 Å². The van der Waals surface area contributed by atoms with E-state index in [1.54, 1.807) is 0 Å². The summed E-state index contributed by atoms with van der Waals surface area (Å²) in [6.45, 7) is 4.35. The Labute approximate surface area is 61.2 Å². The quantitative estimate of drug-likeness (QED) is 0.482. The summed E-state index contributed by atoms with van der Waals surface area (Å²) in [6.07, 6.45) is 0. The highest BCUT2D eigenvalue weighted by atomic mass is 32.1. The van der Waals surface area contributed by atoms with Crippen molar-refractivity contribution in [3.8, 4) is 0 Å². The zero-order valence-corrected chi connectivity index (χ0v) is 6.84. The van der Waals surface area contributed by atoms with Gasteiger partial charge in [0.25, 0.3) is 0 Å². The largest absolute Gasteiger partial charge is 0.147 e. The van der Waals surface area contributed by atoms with E-state index in [-0.39, 0.29) is 0 Å². The highest BCUT2D eigenvalue weighted by Gasteiger charge is 2.28. The van der Waals surface area contributed by atoms with Crippen LogP contribution in [0.2, 0.25) is 0 Å². The van der Waals surface area contributed by atoms with Crippen LogP contribution in [-0.2, 0) is 0 Å². The lowest BCUT2D eigenvalue weighted by Crippen LogP contribution is -2.20. The van der Waals surface area contributed by atoms with Crippen molar-refractivity contribution < 1.29 is 0 Å². The molecular formula is C6H10S2. The van der Waals surface area contributed by atoms with E-state index in [2.05, 4.69) is 39.1 Å². The lowest BCUT2D eigenvalue weighted by Gasteiger charge is -2.32. The Bertz CT molecular complexity index is 121. The summed E-state index contributed by atoms with van der Waals surface area (Å²) in [5.74, 6) is 1.29. The van der Waals surface area contributed by atoms with E-state index in [0.29, 0.717) is 11.8 Å². The maximum absolute atomic E-state index is 4.24. The molecule has 1 aliphatic carbocycles. The summed E-state index contributed by atoms with van der Waals surface area (Å²) in [6, 6.07) is 0. The molecule has 0 saturated heterocycles. The van der Waals surface area contributed by atoms with Crippen molar-refractivity contribution in [2.45, 2.75) is 13.8 Å². The molecule has 0 spiro atoms. The molecule has 8 heavy (non-hydrogen) atoms. The fourth-order valence-corrected chi connectivity index (χ4v) is 1.70. The fourth-order valence-electron chi connectivity index (χ4n) is 0.844. The van der Waals surface area contributed by atoms with Crippen LogP contribution in [0.5, 0.6) is 0 Å². The van der Waals surface area contributed by atoms with Crippen LogP contribution >= 0.6 is 25.3 Å². The molecule has 1 aliphatic rings. The summed E-state index contributed by atoms with van der Waals surface area (Å²) in [5.41, 5.74) is 0. The second kappa shape index (κ2) is 1.99. The molecule has 2 heteroatoms. The number of hydrogen-bond acceptors (Lipinski definition) is 2. The van der Waals surface area contributed by atoms with Crippen LogP contribution in [0, 0.1) is 11.8 Å². The van der Waals surface area contributed by atoms with Gasteiger partial charge in [-0.05, 0) is 21.6 Å². The smallest absolute Gasteiger partial charge is 0.00535 e. The molecule has 0 aliphatic heterocycles. The Morgan fingerprint density at radius 3 is 1.38 bits per heavy atom. The predicted molar refractivity (Wildman–Crippen MR) is 43.3 cm³/mol. The normalized spacial score (nSPS) is 37.5. The molecule has 0 aromatic rings. The second-order valence-electron chi connectivity index (χ2n) is 2.35. The molecule has 0 radical (unpaired) electrons. The minimum Gasteiger partial charge on any atom is -0.147 e. The van der Waals surface area contributed by atoms with Gasteiger partial charge in [-0.15, -0.1) is 25.3 Å². The van der Waals surface area contributed by atoms with E-state index < -0.39 is 0 Å². The van der Waals surface area contributed by atoms with E-state index in [1.807, 2.05) is 0 Å². The molecular weight excluding hydrogens is 136 g/mol. The fraction of sp³-hybridized carbons (Fsp3) is 0.667. The van der Waals surface area contributed by atoms with Gasteiger partial charge >= 0.3 is 0 Å². The van der Waals surface area contributed by atoms with E-state index in [9.17, 15) is 0 Å². The zero-order chi connectivity index (χ0) is 6.31. The number of hydrogen-bond donors (Lipinski definition) is 2. The summed E-state index contributed by atoms with van der Waals surface area (Å²) in [5, 5.41) is 0. The van der Waals surface area contributed by atoms with Gasteiger partial charge in [-0.1, -0.05) is 13.8 Å². The Morgan fingerprint density at radius 1 is 1.00 bits per heavy atom. The third-order valence-corrected chi connectivity index (χ3v) is 3.35. The van der Waals surface area contributed by atoms with Crippen LogP contribution < -0.4 is 0 Å².